The quantitative estimate of drug-likeness (QED) is 0.0216. The van der Waals surface area contributed by atoms with Crippen LogP contribution in [-0.2, 0) is 86.0 Å². The zero-order valence-corrected chi connectivity index (χ0v) is 56.0. The first kappa shape index (κ1) is 91.8. The Hall–Kier alpha value is -2.68. The SMILES string of the molecule is C1CCOC1.CC(C)(CCC(=O)O)C(=O)O.CC(C)(CCC(=O)O)C(=O)O.CC1(C)CCC(=O)OC1.COC(=O)C(C)(C)CCC(=O)O.COC(=O)CCC(C)(C)C(=O)OC.COC(=O)CCC(C)(C)CO.O=CO[O-].[H-].[K+].[K+]. The van der Waals surface area contributed by atoms with E-state index in [4.69, 9.17) is 50.2 Å². The van der Waals surface area contributed by atoms with Gasteiger partial charge in [0, 0.05) is 58.3 Å². The Morgan fingerprint density at radius 1 is 0.577 bits per heavy atom. The number of carboxylic acid groups (broad SMARTS) is 5. The third-order valence-electron chi connectivity index (χ3n) is 10.9. The van der Waals surface area contributed by atoms with Gasteiger partial charge in [0.25, 0.3) is 6.47 Å². The molecule has 78 heavy (non-hydrogen) atoms. The van der Waals surface area contributed by atoms with E-state index in [2.05, 4.69) is 37.7 Å². The zero-order valence-electron chi connectivity index (χ0n) is 50.7. The van der Waals surface area contributed by atoms with E-state index in [0.717, 1.165) is 19.6 Å². The summed E-state index contributed by atoms with van der Waals surface area (Å²) in [7, 11) is 5.33. The van der Waals surface area contributed by atoms with E-state index in [-0.39, 0.29) is 196 Å². The zero-order chi connectivity index (χ0) is 61.2. The molecule has 2 saturated heterocycles. The predicted octanol–water partition coefficient (Wildman–Crippen LogP) is -0.227. The average Bonchev–Trinajstić information content (AvgIpc) is 3.95. The fraction of sp³-hybridized carbons (Fsp3) is 0.784. The number of esters is 5. The van der Waals surface area contributed by atoms with Gasteiger partial charge in [0.15, 0.2) is 0 Å². The number of rotatable bonds is 21. The third-order valence-corrected chi connectivity index (χ3v) is 10.9. The Balaban J connectivity index is -0.000000102. The minimum Gasteiger partial charge on any atom is -1.00 e. The largest absolute Gasteiger partial charge is 1.00 e. The predicted molar refractivity (Wildman–Crippen MR) is 271 cm³/mol. The van der Waals surface area contributed by atoms with E-state index in [0.29, 0.717) is 38.7 Å². The summed E-state index contributed by atoms with van der Waals surface area (Å²) in [4.78, 5) is 117. The first-order chi connectivity index (χ1) is 34.6. The molecule has 2 heterocycles. The monoisotopic (exact) mass is 1180 g/mol. The molecular weight excluding hydrogens is 1090 g/mol. The molecule has 448 valence electrons. The molecule has 2 fully saturated rings. The molecule has 0 bridgehead atoms. The van der Waals surface area contributed by atoms with Gasteiger partial charge in [-0.15, -0.1) is 0 Å². The van der Waals surface area contributed by atoms with Gasteiger partial charge in [-0.1, -0.05) is 27.7 Å². The average molecular weight is 1180 g/mol. The van der Waals surface area contributed by atoms with Gasteiger partial charge in [-0.2, -0.15) is 0 Å². The fourth-order valence-corrected chi connectivity index (χ4v) is 4.74. The number of cyclic esters (lactones) is 1. The normalized spacial score (nSPS) is 12.9. The number of carbonyl (C=O) groups excluding carboxylic acids is 6. The molecule has 0 amide bonds. The van der Waals surface area contributed by atoms with Crippen molar-refractivity contribution in [1.82, 2.24) is 0 Å². The summed E-state index contributed by atoms with van der Waals surface area (Å²) in [5, 5.41) is 59.3. The molecule has 6 N–H and O–H groups in total. The maximum absolute atomic E-state index is 11.2. The minimum absolute atomic E-state index is 0. The molecule has 27 heteroatoms. The van der Waals surface area contributed by atoms with Crippen LogP contribution in [0.4, 0.5) is 0 Å². The molecule has 0 radical (unpaired) electrons. The van der Waals surface area contributed by atoms with Crippen molar-refractivity contribution in [2.24, 2.45) is 32.5 Å². The van der Waals surface area contributed by atoms with Crippen molar-refractivity contribution in [3.8, 4) is 0 Å². The smallest absolute Gasteiger partial charge is 1.00 e. The molecule has 25 nitrogen and oxygen atoms in total. The topological polar surface area (TPSA) is 397 Å². The van der Waals surface area contributed by atoms with E-state index < -0.39 is 51.5 Å². The van der Waals surface area contributed by atoms with E-state index in [1.165, 1.54) is 69.0 Å². The minimum atomic E-state index is -0.959. The van der Waals surface area contributed by atoms with Gasteiger partial charge >= 0.3 is 162 Å². The van der Waals surface area contributed by atoms with Crippen molar-refractivity contribution in [2.75, 3.05) is 54.9 Å². The molecule has 2 rings (SSSR count). The maximum Gasteiger partial charge on any atom is 1.00 e. The van der Waals surface area contributed by atoms with Gasteiger partial charge in [-0.3, -0.25) is 52.7 Å². The van der Waals surface area contributed by atoms with Crippen molar-refractivity contribution in [3.05, 3.63) is 0 Å². The van der Waals surface area contributed by atoms with Crippen molar-refractivity contribution < 1.29 is 226 Å². The molecular formula is C51H92K2O25. The van der Waals surface area contributed by atoms with Crippen LogP contribution in [-0.4, -0.2) is 152 Å². The second-order valence-corrected chi connectivity index (χ2v) is 21.1. The molecule has 0 aromatic rings. The van der Waals surface area contributed by atoms with E-state index in [1.807, 2.05) is 13.8 Å². The Kier molecular flexibility index (Phi) is 58.9. The van der Waals surface area contributed by atoms with Gasteiger partial charge in [0.2, 0.25) is 0 Å². The summed E-state index contributed by atoms with van der Waals surface area (Å²) in [5.74, 6) is -5.99. The number of methoxy groups -OCH3 is 4. The molecule has 2 aliphatic heterocycles. The van der Waals surface area contributed by atoms with Crippen LogP contribution in [0.1, 0.15) is 174 Å². The summed E-state index contributed by atoms with van der Waals surface area (Å²) in [6, 6.07) is 0. The van der Waals surface area contributed by atoms with Crippen molar-refractivity contribution in [1.29, 1.82) is 0 Å². The molecule has 0 unspecified atom stereocenters. The van der Waals surface area contributed by atoms with Crippen LogP contribution < -0.4 is 108 Å². The number of aliphatic carboxylic acids is 5. The van der Waals surface area contributed by atoms with E-state index in [9.17, 15) is 47.9 Å². The van der Waals surface area contributed by atoms with Gasteiger partial charge in [-0.25, -0.2) is 0 Å². The number of hydrogen-bond donors (Lipinski definition) is 6. The summed E-state index contributed by atoms with van der Waals surface area (Å²) in [6.07, 6.45) is 6.25. The van der Waals surface area contributed by atoms with Gasteiger partial charge in [0.1, 0.15) is 0 Å². The number of ether oxygens (including phenoxy) is 6. The number of aliphatic hydroxyl groups is 1. The van der Waals surface area contributed by atoms with Crippen LogP contribution in [0.3, 0.4) is 0 Å². The second kappa shape index (κ2) is 50.1. The Morgan fingerprint density at radius 3 is 1.09 bits per heavy atom. The van der Waals surface area contributed by atoms with Gasteiger partial charge in [0.05, 0.1) is 56.7 Å². The molecule has 0 aromatic carbocycles. The van der Waals surface area contributed by atoms with Crippen LogP contribution >= 0.6 is 0 Å². The molecule has 0 aromatic heterocycles. The van der Waals surface area contributed by atoms with Crippen LogP contribution in [0.25, 0.3) is 0 Å². The molecule has 0 atom stereocenters. The standard InChI is InChI=1S/C9H16O4.C8H14O4.C8H16O3.2C7H12O4.C7H12O2.C4H8O.CH2O3.2K.H/c1-9(2,8(11)13-4)6-5-7(10)12-3;1-8(2,7(11)12-3)5-4-6(9)10;1-8(2,6-9)5-4-7(10)11-3;2*1-7(2,6(10)11)4-3-5(8)9;1-7(2)4-3-6(8)9-5-7;1-2-4-5-3-1;2-1-4-3;;;/h5-6H2,1-4H3;4-5H2,1-3H3,(H,9,10);9H,4-6H2,1-3H3;2*3-4H2,1-2H3,(H,8,9)(H,10,11);3-5H2,1-2H3;1-4H2;1,3H;;;/q;;;;;;;;2*+1;-1/p-1. The van der Waals surface area contributed by atoms with Crippen LogP contribution in [0.15, 0.2) is 0 Å². The number of carboxylic acids is 5. The Morgan fingerprint density at radius 2 is 0.885 bits per heavy atom. The molecule has 2 aliphatic rings. The summed E-state index contributed by atoms with van der Waals surface area (Å²) in [5.41, 5.74) is -3.14. The summed E-state index contributed by atoms with van der Waals surface area (Å²) in [6.45, 7) is 23.4. The Labute approximate surface area is 546 Å². The first-order valence-electron chi connectivity index (χ1n) is 24.1. The molecule has 0 aliphatic carbocycles. The number of aliphatic hydroxyl groups excluding tert-OH is 1. The number of carbonyl (C=O) groups is 11. The number of hydrogen-bond acceptors (Lipinski definition) is 20. The van der Waals surface area contributed by atoms with Gasteiger partial charge < -0.3 is 70.6 Å². The molecule has 0 spiro atoms. The van der Waals surface area contributed by atoms with Crippen LogP contribution in [0.5, 0.6) is 0 Å². The van der Waals surface area contributed by atoms with E-state index >= 15 is 0 Å². The molecule has 0 saturated carbocycles. The summed E-state index contributed by atoms with van der Waals surface area (Å²) < 4.78 is 27.8. The third kappa shape index (κ3) is 59.4. The van der Waals surface area contributed by atoms with Crippen LogP contribution in [0.2, 0.25) is 0 Å². The Bertz CT molecular complexity index is 1690. The first-order valence-corrected chi connectivity index (χ1v) is 24.1. The summed E-state index contributed by atoms with van der Waals surface area (Å²) >= 11 is 0. The second-order valence-electron chi connectivity index (χ2n) is 21.1. The maximum atomic E-state index is 11.2. The van der Waals surface area contributed by atoms with Crippen molar-refractivity contribution in [3.63, 3.8) is 0 Å². The van der Waals surface area contributed by atoms with E-state index in [1.54, 1.807) is 27.7 Å². The van der Waals surface area contributed by atoms with Crippen LogP contribution in [0, 0.1) is 32.5 Å². The van der Waals surface area contributed by atoms with Gasteiger partial charge in [-0.05, 0) is 118 Å². The van der Waals surface area contributed by atoms with Crippen molar-refractivity contribution >= 4 is 66.2 Å². The van der Waals surface area contributed by atoms with Crippen molar-refractivity contribution in [2.45, 2.75) is 173 Å². The fourth-order valence-electron chi connectivity index (χ4n) is 4.74.